The third-order valence-electron chi connectivity index (χ3n) is 2.35. The van der Waals surface area contributed by atoms with Gasteiger partial charge in [0, 0.05) is 19.7 Å². The molecule has 106 valence electrons. The predicted octanol–water partition coefficient (Wildman–Crippen LogP) is 1.89. The summed E-state index contributed by atoms with van der Waals surface area (Å²) in [7, 11) is 0. The van der Waals surface area contributed by atoms with Gasteiger partial charge in [0.25, 0.3) is 0 Å². The molecular weight excluding hydrogens is 261 g/mol. The molecular formula is C12H15F3N2O2. The number of halogens is 3. The van der Waals surface area contributed by atoms with Crippen molar-refractivity contribution in [2.75, 3.05) is 13.2 Å². The summed E-state index contributed by atoms with van der Waals surface area (Å²) in [5.74, 6) is 0. The molecule has 7 heteroatoms. The zero-order chi connectivity index (χ0) is 14.3. The van der Waals surface area contributed by atoms with Gasteiger partial charge in [0.15, 0.2) is 0 Å². The highest BCUT2D eigenvalue weighted by atomic mass is 19.4. The molecule has 0 saturated heterocycles. The molecule has 0 fully saturated rings. The Kier molecular flexibility index (Phi) is 5.62. The van der Waals surface area contributed by atoms with Crippen molar-refractivity contribution in [1.82, 2.24) is 10.6 Å². The van der Waals surface area contributed by atoms with Gasteiger partial charge in [-0.3, -0.25) is 0 Å². The second-order valence-electron chi connectivity index (χ2n) is 3.88. The molecule has 0 saturated carbocycles. The van der Waals surface area contributed by atoms with Crippen LogP contribution in [0.5, 0.6) is 0 Å². The lowest BCUT2D eigenvalue weighted by Gasteiger charge is -2.09. The number of hydrogen-bond donors (Lipinski definition) is 3. The first-order valence-electron chi connectivity index (χ1n) is 5.72. The average Bonchev–Trinajstić information content (AvgIpc) is 2.36. The number of nitrogens with one attached hydrogen (secondary N) is 2. The van der Waals surface area contributed by atoms with Crippen molar-refractivity contribution in [3.8, 4) is 0 Å². The number of aliphatic hydroxyl groups excluding tert-OH is 1. The zero-order valence-electron chi connectivity index (χ0n) is 10.1. The molecule has 0 aliphatic rings. The van der Waals surface area contributed by atoms with E-state index in [1.807, 2.05) is 0 Å². The van der Waals surface area contributed by atoms with Crippen LogP contribution < -0.4 is 10.6 Å². The fraction of sp³-hybridized carbons (Fsp3) is 0.417. The molecule has 0 bridgehead atoms. The maximum Gasteiger partial charge on any atom is 0.416 e. The molecule has 0 spiro atoms. The lowest BCUT2D eigenvalue weighted by molar-refractivity contribution is -0.137. The van der Waals surface area contributed by atoms with E-state index in [2.05, 4.69) is 10.6 Å². The Morgan fingerprint density at radius 1 is 1.16 bits per heavy atom. The van der Waals surface area contributed by atoms with E-state index >= 15 is 0 Å². The molecule has 0 atom stereocenters. The quantitative estimate of drug-likeness (QED) is 0.719. The third kappa shape index (κ3) is 5.60. The Bertz CT molecular complexity index is 404. The van der Waals surface area contributed by atoms with Crippen molar-refractivity contribution in [2.45, 2.75) is 19.1 Å². The van der Waals surface area contributed by atoms with Gasteiger partial charge in [-0.25, -0.2) is 4.79 Å². The lowest BCUT2D eigenvalue weighted by Crippen LogP contribution is -2.35. The molecule has 0 aliphatic heterocycles. The summed E-state index contributed by atoms with van der Waals surface area (Å²) in [6.45, 7) is 0.470. The molecule has 0 radical (unpaired) electrons. The Balaban J connectivity index is 2.40. The van der Waals surface area contributed by atoms with Crippen LogP contribution in [0.2, 0.25) is 0 Å². The van der Waals surface area contributed by atoms with Crippen LogP contribution in [0.3, 0.4) is 0 Å². The first-order valence-corrected chi connectivity index (χ1v) is 5.72. The van der Waals surface area contributed by atoms with Crippen molar-refractivity contribution in [3.05, 3.63) is 35.4 Å². The Hall–Kier alpha value is -1.76. The fourth-order valence-electron chi connectivity index (χ4n) is 1.34. The maximum absolute atomic E-state index is 12.3. The minimum atomic E-state index is -4.35. The van der Waals surface area contributed by atoms with Crippen molar-refractivity contribution < 1.29 is 23.1 Å². The molecule has 4 nitrogen and oxygen atoms in total. The summed E-state index contributed by atoms with van der Waals surface area (Å²) in [5, 5.41) is 13.5. The summed E-state index contributed by atoms with van der Waals surface area (Å²) in [6.07, 6.45) is -3.90. The maximum atomic E-state index is 12.3. The molecule has 0 aliphatic carbocycles. The van der Waals surface area contributed by atoms with E-state index in [4.69, 9.17) is 5.11 Å². The van der Waals surface area contributed by atoms with E-state index in [-0.39, 0.29) is 13.2 Å². The summed E-state index contributed by atoms with van der Waals surface area (Å²) in [4.78, 5) is 11.2. The monoisotopic (exact) mass is 276 g/mol. The van der Waals surface area contributed by atoms with Crippen LogP contribution in [0, 0.1) is 0 Å². The first kappa shape index (κ1) is 15.3. The minimum Gasteiger partial charge on any atom is -0.396 e. The molecule has 0 aromatic heterocycles. The van der Waals surface area contributed by atoms with Crippen molar-refractivity contribution in [2.24, 2.45) is 0 Å². The number of benzene rings is 1. The van der Waals surface area contributed by atoms with Gasteiger partial charge < -0.3 is 15.7 Å². The van der Waals surface area contributed by atoms with Crippen LogP contribution in [0.4, 0.5) is 18.0 Å². The molecule has 1 rings (SSSR count). The molecule has 0 heterocycles. The van der Waals surface area contributed by atoms with Gasteiger partial charge in [0.05, 0.1) is 5.56 Å². The smallest absolute Gasteiger partial charge is 0.396 e. The second-order valence-corrected chi connectivity index (χ2v) is 3.88. The SMILES string of the molecule is O=C(NCCCO)NCc1ccc(C(F)(F)F)cc1. The van der Waals surface area contributed by atoms with Crippen molar-refractivity contribution in [3.63, 3.8) is 0 Å². The van der Waals surface area contributed by atoms with Gasteiger partial charge in [-0.05, 0) is 24.1 Å². The molecule has 1 aromatic rings. The number of aliphatic hydroxyl groups is 1. The first-order chi connectivity index (χ1) is 8.93. The summed E-state index contributed by atoms with van der Waals surface area (Å²) in [6, 6.07) is 4.16. The fourth-order valence-corrected chi connectivity index (χ4v) is 1.34. The van der Waals surface area contributed by atoms with E-state index in [1.165, 1.54) is 12.1 Å². The largest absolute Gasteiger partial charge is 0.416 e. The van der Waals surface area contributed by atoms with Crippen LogP contribution in [0.1, 0.15) is 17.5 Å². The van der Waals surface area contributed by atoms with Gasteiger partial charge in [-0.1, -0.05) is 12.1 Å². The van der Waals surface area contributed by atoms with Crippen LogP contribution in [-0.4, -0.2) is 24.3 Å². The van der Waals surface area contributed by atoms with E-state index in [9.17, 15) is 18.0 Å². The van der Waals surface area contributed by atoms with Crippen molar-refractivity contribution >= 4 is 6.03 Å². The average molecular weight is 276 g/mol. The number of alkyl halides is 3. The Morgan fingerprint density at radius 2 is 1.79 bits per heavy atom. The van der Waals surface area contributed by atoms with E-state index in [0.29, 0.717) is 18.5 Å². The number of rotatable bonds is 5. The highest BCUT2D eigenvalue weighted by molar-refractivity contribution is 5.73. The topological polar surface area (TPSA) is 61.4 Å². The second kappa shape index (κ2) is 6.98. The van der Waals surface area contributed by atoms with Gasteiger partial charge in [0.1, 0.15) is 0 Å². The molecule has 3 N–H and O–H groups in total. The van der Waals surface area contributed by atoms with Crippen LogP contribution >= 0.6 is 0 Å². The lowest BCUT2D eigenvalue weighted by atomic mass is 10.1. The highest BCUT2D eigenvalue weighted by Crippen LogP contribution is 2.28. The molecule has 1 aromatic carbocycles. The summed E-state index contributed by atoms with van der Waals surface area (Å²) >= 11 is 0. The molecule has 19 heavy (non-hydrogen) atoms. The van der Waals surface area contributed by atoms with Crippen LogP contribution in [0.25, 0.3) is 0 Å². The normalized spacial score (nSPS) is 11.2. The highest BCUT2D eigenvalue weighted by Gasteiger charge is 2.29. The zero-order valence-corrected chi connectivity index (χ0v) is 10.1. The number of amides is 2. The van der Waals surface area contributed by atoms with Crippen LogP contribution in [0.15, 0.2) is 24.3 Å². The number of hydrogen-bond acceptors (Lipinski definition) is 2. The predicted molar refractivity (Wildman–Crippen MR) is 63.4 cm³/mol. The van der Waals surface area contributed by atoms with E-state index < -0.39 is 17.8 Å². The number of carbonyl (C=O) groups excluding carboxylic acids is 1. The van der Waals surface area contributed by atoms with Crippen LogP contribution in [-0.2, 0) is 12.7 Å². The van der Waals surface area contributed by atoms with Crippen molar-refractivity contribution in [1.29, 1.82) is 0 Å². The van der Waals surface area contributed by atoms with Gasteiger partial charge >= 0.3 is 12.2 Å². The van der Waals surface area contributed by atoms with Gasteiger partial charge in [-0.15, -0.1) is 0 Å². The Labute approximate surface area is 108 Å². The standard InChI is InChI=1S/C12H15F3N2O2/c13-12(14,15)10-4-2-9(3-5-10)8-17-11(19)16-6-1-7-18/h2-5,18H,1,6-8H2,(H2,16,17,19). The number of urea groups is 1. The Morgan fingerprint density at radius 3 is 2.32 bits per heavy atom. The molecule has 0 unspecified atom stereocenters. The van der Waals surface area contributed by atoms with Gasteiger partial charge in [0.2, 0.25) is 0 Å². The van der Waals surface area contributed by atoms with Gasteiger partial charge in [-0.2, -0.15) is 13.2 Å². The van der Waals surface area contributed by atoms with E-state index in [0.717, 1.165) is 12.1 Å². The summed E-state index contributed by atoms with van der Waals surface area (Å²) < 4.78 is 36.9. The summed E-state index contributed by atoms with van der Waals surface area (Å²) in [5.41, 5.74) is -0.144. The minimum absolute atomic E-state index is 0.0147. The third-order valence-corrected chi connectivity index (χ3v) is 2.35. The molecule has 2 amide bonds. The number of carbonyl (C=O) groups is 1. The van der Waals surface area contributed by atoms with E-state index in [1.54, 1.807) is 0 Å².